The molecular formula is C11H16N2S. The van der Waals surface area contributed by atoms with Crippen molar-refractivity contribution in [3.05, 3.63) is 21.9 Å². The lowest BCUT2D eigenvalue weighted by Crippen LogP contribution is -2.56. The van der Waals surface area contributed by atoms with Crippen molar-refractivity contribution < 1.29 is 0 Å². The molecule has 2 nitrogen and oxygen atoms in total. The fraction of sp³-hybridized carbons (Fsp3) is 0.636. The van der Waals surface area contributed by atoms with Gasteiger partial charge in [0.05, 0.1) is 0 Å². The highest BCUT2D eigenvalue weighted by Crippen LogP contribution is 2.33. The maximum Gasteiger partial charge on any atom is 0.0334 e. The largest absolute Gasteiger partial charge is 0.314 e. The molecule has 0 saturated carbocycles. The summed E-state index contributed by atoms with van der Waals surface area (Å²) < 4.78 is 0. The summed E-state index contributed by atoms with van der Waals surface area (Å²) in [6.07, 6.45) is 3.97. The zero-order valence-electron chi connectivity index (χ0n) is 8.25. The van der Waals surface area contributed by atoms with E-state index in [4.69, 9.17) is 0 Å². The molecule has 76 valence electrons. The smallest absolute Gasteiger partial charge is 0.0334 e. The van der Waals surface area contributed by atoms with Gasteiger partial charge in [0.25, 0.3) is 0 Å². The summed E-state index contributed by atoms with van der Waals surface area (Å²) in [4.78, 5) is 1.61. The molecule has 0 bridgehead atoms. The molecule has 1 saturated heterocycles. The predicted octanol–water partition coefficient (Wildman–Crippen LogP) is 1.69. The van der Waals surface area contributed by atoms with Crippen LogP contribution in [0.3, 0.4) is 0 Å². The third-order valence-corrected chi connectivity index (χ3v) is 4.27. The van der Waals surface area contributed by atoms with Crippen LogP contribution in [0.15, 0.2) is 11.4 Å². The van der Waals surface area contributed by atoms with E-state index in [2.05, 4.69) is 22.1 Å². The highest BCUT2D eigenvalue weighted by atomic mass is 32.1. The van der Waals surface area contributed by atoms with Crippen LogP contribution >= 0.6 is 11.3 Å². The highest BCUT2D eigenvalue weighted by Gasteiger charge is 2.25. The van der Waals surface area contributed by atoms with Crippen molar-refractivity contribution in [2.75, 3.05) is 13.1 Å². The molecule has 0 radical (unpaired) electrons. The van der Waals surface area contributed by atoms with E-state index in [0.29, 0.717) is 12.1 Å². The number of aryl methyl sites for hydroxylation is 1. The van der Waals surface area contributed by atoms with Gasteiger partial charge in [0.2, 0.25) is 0 Å². The Kier molecular flexibility index (Phi) is 2.32. The van der Waals surface area contributed by atoms with E-state index in [1.807, 2.05) is 11.3 Å². The molecule has 0 aromatic carbocycles. The molecule has 1 aliphatic heterocycles. The number of rotatable bonds is 2. The van der Waals surface area contributed by atoms with Crippen LogP contribution in [0.25, 0.3) is 0 Å². The number of nitrogens with one attached hydrogen (secondary N) is 2. The summed E-state index contributed by atoms with van der Waals surface area (Å²) in [7, 11) is 0. The van der Waals surface area contributed by atoms with Crippen molar-refractivity contribution in [3.8, 4) is 0 Å². The Morgan fingerprint density at radius 1 is 1.43 bits per heavy atom. The molecular weight excluding hydrogens is 192 g/mol. The second-order valence-electron chi connectivity index (χ2n) is 4.27. The second-order valence-corrected chi connectivity index (χ2v) is 5.27. The summed E-state index contributed by atoms with van der Waals surface area (Å²) in [5, 5.41) is 9.29. The van der Waals surface area contributed by atoms with Crippen molar-refractivity contribution in [1.82, 2.24) is 10.6 Å². The topological polar surface area (TPSA) is 24.1 Å². The number of thiophene rings is 1. The van der Waals surface area contributed by atoms with Gasteiger partial charge < -0.3 is 10.6 Å². The third kappa shape index (κ3) is 1.49. The van der Waals surface area contributed by atoms with Gasteiger partial charge in [-0.2, -0.15) is 0 Å². The average Bonchev–Trinajstić information content (AvgIpc) is 2.59. The van der Waals surface area contributed by atoms with Gasteiger partial charge in [-0.25, -0.2) is 0 Å². The van der Waals surface area contributed by atoms with Gasteiger partial charge in [0.15, 0.2) is 0 Å². The lowest BCUT2D eigenvalue weighted by atomic mass is 9.93. The molecule has 1 aromatic rings. The van der Waals surface area contributed by atoms with Gasteiger partial charge in [-0.3, -0.25) is 0 Å². The lowest BCUT2D eigenvalue weighted by Gasteiger charge is -2.34. The normalized spacial score (nSPS) is 27.0. The molecule has 3 rings (SSSR count). The van der Waals surface area contributed by atoms with Crippen molar-refractivity contribution in [2.45, 2.75) is 31.3 Å². The van der Waals surface area contributed by atoms with E-state index in [9.17, 15) is 0 Å². The van der Waals surface area contributed by atoms with Crippen LogP contribution in [0.1, 0.15) is 29.3 Å². The lowest BCUT2D eigenvalue weighted by molar-refractivity contribution is 0.313. The van der Waals surface area contributed by atoms with Crippen LogP contribution in [0, 0.1) is 0 Å². The van der Waals surface area contributed by atoms with Crippen LogP contribution in [0.4, 0.5) is 0 Å². The number of fused-ring (bicyclic) bond motifs is 1. The van der Waals surface area contributed by atoms with Gasteiger partial charge in [-0.15, -0.1) is 11.3 Å². The van der Waals surface area contributed by atoms with Crippen LogP contribution in [-0.2, 0) is 6.42 Å². The standard InChI is InChI=1S/C11H16N2S/c1-2-10(13-8-6-12-7-8)9-4-5-14-11(9)3-1/h4-5,8,10,12-13H,1-3,6-7H2. The Balaban J connectivity index is 1.74. The molecule has 0 amide bonds. The van der Waals surface area contributed by atoms with Crippen molar-refractivity contribution in [3.63, 3.8) is 0 Å². The molecule has 1 atom stereocenters. The molecule has 1 aliphatic carbocycles. The summed E-state index contributed by atoms with van der Waals surface area (Å²) in [6, 6.07) is 3.66. The first kappa shape index (κ1) is 8.89. The monoisotopic (exact) mass is 208 g/mol. The van der Waals surface area contributed by atoms with Gasteiger partial charge in [0.1, 0.15) is 0 Å². The first-order chi connectivity index (χ1) is 6.93. The Bertz CT molecular complexity index is 317. The van der Waals surface area contributed by atoms with E-state index >= 15 is 0 Å². The zero-order valence-corrected chi connectivity index (χ0v) is 9.07. The zero-order chi connectivity index (χ0) is 9.38. The van der Waals surface area contributed by atoms with Gasteiger partial charge >= 0.3 is 0 Å². The van der Waals surface area contributed by atoms with Crippen LogP contribution < -0.4 is 10.6 Å². The number of hydrogen-bond acceptors (Lipinski definition) is 3. The van der Waals surface area contributed by atoms with Crippen molar-refractivity contribution in [1.29, 1.82) is 0 Å². The first-order valence-corrected chi connectivity index (χ1v) is 6.34. The van der Waals surface area contributed by atoms with E-state index in [1.54, 1.807) is 10.4 Å². The molecule has 1 unspecified atom stereocenters. The fourth-order valence-electron chi connectivity index (χ4n) is 2.35. The molecule has 14 heavy (non-hydrogen) atoms. The SMILES string of the molecule is c1cc2c(s1)CCCC2NC1CNC1. The predicted molar refractivity (Wildman–Crippen MR) is 59.8 cm³/mol. The molecule has 2 aliphatic rings. The molecule has 0 spiro atoms. The fourth-order valence-corrected chi connectivity index (χ4v) is 3.34. The quantitative estimate of drug-likeness (QED) is 0.773. The Morgan fingerprint density at radius 2 is 2.36 bits per heavy atom. The van der Waals surface area contributed by atoms with Crippen molar-refractivity contribution >= 4 is 11.3 Å². The van der Waals surface area contributed by atoms with E-state index in [1.165, 1.54) is 19.3 Å². The Morgan fingerprint density at radius 3 is 3.14 bits per heavy atom. The summed E-state index contributed by atoms with van der Waals surface area (Å²) in [6.45, 7) is 2.30. The van der Waals surface area contributed by atoms with Crippen LogP contribution in [0.2, 0.25) is 0 Å². The van der Waals surface area contributed by atoms with Crippen LogP contribution in [-0.4, -0.2) is 19.1 Å². The highest BCUT2D eigenvalue weighted by molar-refractivity contribution is 7.10. The average molecular weight is 208 g/mol. The minimum atomic E-state index is 0.636. The Hall–Kier alpha value is -0.380. The molecule has 2 heterocycles. The number of hydrogen-bond donors (Lipinski definition) is 2. The minimum absolute atomic E-state index is 0.636. The molecule has 1 fully saturated rings. The third-order valence-electron chi connectivity index (χ3n) is 3.27. The first-order valence-electron chi connectivity index (χ1n) is 5.46. The summed E-state index contributed by atoms with van der Waals surface area (Å²) in [5.41, 5.74) is 1.58. The van der Waals surface area contributed by atoms with Gasteiger partial charge in [0, 0.05) is 30.1 Å². The van der Waals surface area contributed by atoms with Crippen LogP contribution in [0.5, 0.6) is 0 Å². The van der Waals surface area contributed by atoms with Gasteiger partial charge in [-0.1, -0.05) is 0 Å². The minimum Gasteiger partial charge on any atom is -0.314 e. The van der Waals surface area contributed by atoms with E-state index in [-0.39, 0.29) is 0 Å². The summed E-state index contributed by atoms with van der Waals surface area (Å²) >= 11 is 1.93. The molecule has 1 aromatic heterocycles. The second kappa shape index (κ2) is 3.65. The maximum absolute atomic E-state index is 3.74. The molecule has 3 heteroatoms. The van der Waals surface area contributed by atoms with Crippen molar-refractivity contribution in [2.24, 2.45) is 0 Å². The maximum atomic E-state index is 3.74. The van der Waals surface area contributed by atoms with E-state index < -0.39 is 0 Å². The summed E-state index contributed by atoms with van der Waals surface area (Å²) in [5.74, 6) is 0. The molecule has 2 N–H and O–H groups in total. The van der Waals surface area contributed by atoms with E-state index in [0.717, 1.165) is 13.1 Å². The van der Waals surface area contributed by atoms with Gasteiger partial charge in [-0.05, 0) is 36.3 Å². The Labute approximate surface area is 88.7 Å².